The van der Waals surface area contributed by atoms with Gasteiger partial charge in [-0.15, -0.1) is 0 Å². The maximum absolute atomic E-state index is 12.3. The van der Waals surface area contributed by atoms with Crippen molar-refractivity contribution in [1.82, 2.24) is 29.3 Å². The standard InChI is InChI=1S/C16H17F3N8O4/c1-10-14(27(29)30)11(2)26(22-10)8-24-4-3-13(23-24)15(28)21-12-5-20-25(6-12)9-31-7-16(17,18)19/h3-6H,7-9H2,1-2H3,(H,21,28). The molecule has 0 fully saturated rings. The van der Waals surface area contributed by atoms with Crippen LogP contribution in [0.15, 0.2) is 24.7 Å². The summed E-state index contributed by atoms with van der Waals surface area (Å²) in [6, 6.07) is 1.44. The van der Waals surface area contributed by atoms with Crippen molar-refractivity contribution in [2.24, 2.45) is 0 Å². The number of aromatic nitrogens is 6. The van der Waals surface area contributed by atoms with Crippen LogP contribution < -0.4 is 5.32 Å². The summed E-state index contributed by atoms with van der Waals surface area (Å²) >= 11 is 0. The Kier molecular flexibility index (Phi) is 6.05. The number of rotatable bonds is 8. The predicted octanol–water partition coefficient (Wildman–Crippen LogP) is 2.10. The molecule has 0 aromatic carbocycles. The highest BCUT2D eigenvalue weighted by molar-refractivity contribution is 6.02. The molecule has 0 aliphatic heterocycles. The number of halogens is 3. The highest BCUT2D eigenvalue weighted by Crippen LogP contribution is 2.21. The summed E-state index contributed by atoms with van der Waals surface area (Å²) < 4.78 is 44.6. The number of anilines is 1. The molecule has 0 spiro atoms. The van der Waals surface area contributed by atoms with Crippen molar-refractivity contribution in [1.29, 1.82) is 0 Å². The maximum atomic E-state index is 12.3. The molecule has 3 aromatic rings. The number of nitro groups is 1. The molecule has 0 radical (unpaired) electrons. The Morgan fingerprint density at radius 2 is 2.03 bits per heavy atom. The van der Waals surface area contributed by atoms with Gasteiger partial charge in [-0.05, 0) is 19.9 Å². The number of nitrogens with zero attached hydrogens (tertiary/aromatic N) is 7. The van der Waals surface area contributed by atoms with Crippen LogP contribution in [0.5, 0.6) is 0 Å². The molecule has 0 aliphatic rings. The Hall–Kier alpha value is -3.75. The monoisotopic (exact) mass is 442 g/mol. The number of alkyl halides is 3. The van der Waals surface area contributed by atoms with Crippen molar-refractivity contribution in [3.63, 3.8) is 0 Å². The third kappa shape index (κ3) is 5.44. The van der Waals surface area contributed by atoms with Crippen LogP contribution in [-0.2, 0) is 18.1 Å². The van der Waals surface area contributed by atoms with E-state index in [-0.39, 0.29) is 29.4 Å². The minimum Gasteiger partial charge on any atom is -0.350 e. The van der Waals surface area contributed by atoms with E-state index in [9.17, 15) is 28.1 Å². The molecule has 0 aliphatic carbocycles. The van der Waals surface area contributed by atoms with Crippen molar-refractivity contribution >= 4 is 17.3 Å². The first kappa shape index (κ1) is 21.9. The zero-order valence-corrected chi connectivity index (χ0v) is 16.3. The van der Waals surface area contributed by atoms with Crippen molar-refractivity contribution in [3.8, 4) is 0 Å². The molecule has 0 atom stereocenters. The molecule has 166 valence electrons. The SMILES string of the molecule is Cc1nn(Cn2ccc(C(=O)Nc3cnn(COCC(F)(F)F)c3)n2)c(C)c1[N+](=O)[O-]. The van der Waals surface area contributed by atoms with Gasteiger partial charge in [-0.1, -0.05) is 0 Å². The largest absolute Gasteiger partial charge is 0.411 e. The van der Waals surface area contributed by atoms with Gasteiger partial charge in [-0.25, -0.2) is 9.36 Å². The number of aryl methyl sites for hydroxylation is 1. The molecule has 1 amide bonds. The van der Waals surface area contributed by atoms with Crippen LogP contribution in [0.3, 0.4) is 0 Å². The number of carbonyl (C=O) groups is 1. The topological polar surface area (TPSA) is 135 Å². The van der Waals surface area contributed by atoms with Gasteiger partial charge < -0.3 is 10.1 Å². The van der Waals surface area contributed by atoms with Crippen LogP contribution in [0.4, 0.5) is 24.5 Å². The van der Waals surface area contributed by atoms with E-state index in [0.29, 0.717) is 5.69 Å². The van der Waals surface area contributed by atoms with Gasteiger partial charge in [0.25, 0.3) is 5.91 Å². The van der Waals surface area contributed by atoms with Crippen LogP contribution >= 0.6 is 0 Å². The van der Waals surface area contributed by atoms with Crippen LogP contribution in [0.25, 0.3) is 0 Å². The quantitative estimate of drug-likeness (QED) is 0.417. The first-order valence-electron chi connectivity index (χ1n) is 8.73. The summed E-state index contributed by atoms with van der Waals surface area (Å²) in [6.45, 7) is 1.30. The van der Waals surface area contributed by atoms with E-state index in [1.807, 2.05) is 0 Å². The van der Waals surface area contributed by atoms with Crippen LogP contribution in [0, 0.1) is 24.0 Å². The van der Waals surface area contributed by atoms with Gasteiger partial charge in [-0.2, -0.15) is 28.5 Å². The molecular weight excluding hydrogens is 425 g/mol. The molecule has 1 N–H and O–H groups in total. The van der Waals surface area contributed by atoms with Gasteiger partial charge in [0.1, 0.15) is 31.4 Å². The lowest BCUT2D eigenvalue weighted by molar-refractivity contribution is -0.386. The smallest absolute Gasteiger partial charge is 0.350 e. The Morgan fingerprint density at radius 3 is 2.68 bits per heavy atom. The Morgan fingerprint density at radius 1 is 1.29 bits per heavy atom. The number of nitrogens with one attached hydrogen (secondary N) is 1. The second-order valence-corrected chi connectivity index (χ2v) is 6.47. The van der Waals surface area contributed by atoms with Gasteiger partial charge >= 0.3 is 11.9 Å². The molecule has 3 heterocycles. The van der Waals surface area contributed by atoms with Crippen molar-refractivity contribution in [2.75, 3.05) is 11.9 Å². The van der Waals surface area contributed by atoms with E-state index in [0.717, 1.165) is 4.68 Å². The fraction of sp³-hybridized carbons (Fsp3) is 0.375. The zero-order chi connectivity index (χ0) is 22.8. The summed E-state index contributed by atoms with van der Waals surface area (Å²) in [5.74, 6) is -0.575. The minimum absolute atomic E-state index is 0.0529. The van der Waals surface area contributed by atoms with Gasteiger partial charge in [0, 0.05) is 6.20 Å². The lowest BCUT2D eigenvalue weighted by Crippen LogP contribution is -2.18. The summed E-state index contributed by atoms with van der Waals surface area (Å²) in [5.41, 5.74) is 0.829. The first-order valence-corrected chi connectivity index (χ1v) is 8.73. The van der Waals surface area contributed by atoms with E-state index >= 15 is 0 Å². The molecular formula is C16H17F3N8O4. The summed E-state index contributed by atoms with van der Waals surface area (Å²) in [5, 5.41) is 25.6. The molecule has 0 unspecified atom stereocenters. The zero-order valence-electron chi connectivity index (χ0n) is 16.3. The Bertz CT molecular complexity index is 1100. The molecule has 0 saturated heterocycles. The highest BCUT2D eigenvalue weighted by atomic mass is 19.4. The summed E-state index contributed by atoms with van der Waals surface area (Å²) in [4.78, 5) is 22.9. The van der Waals surface area contributed by atoms with E-state index in [1.54, 1.807) is 6.92 Å². The molecule has 0 bridgehead atoms. The van der Waals surface area contributed by atoms with Crippen molar-refractivity contribution in [3.05, 3.63) is 51.9 Å². The van der Waals surface area contributed by atoms with Gasteiger partial charge in [0.15, 0.2) is 5.69 Å². The van der Waals surface area contributed by atoms with Crippen molar-refractivity contribution in [2.45, 2.75) is 33.4 Å². The van der Waals surface area contributed by atoms with Crippen LogP contribution in [0.2, 0.25) is 0 Å². The summed E-state index contributed by atoms with van der Waals surface area (Å²) in [6.07, 6.45) is -0.381. The van der Waals surface area contributed by atoms with E-state index in [2.05, 4.69) is 25.3 Å². The maximum Gasteiger partial charge on any atom is 0.411 e. The second kappa shape index (κ2) is 8.55. The fourth-order valence-electron chi connectivity index (χ4n) is 2.74. The van der Waals surface area contributed by atoms with Crippen molar-refractivity contribution < 1.29 is 27.6 Å². The Balaban J connectivity index is 1.60. The van der Waals surface area contributed by atoms with Gasteiger partial charge in [0.05, 0.1) is 23.0 Å². The lowest BCUT2D eigenvalue weighted by Gasteiger charge is -2.07. The van der Waals surface area contributed by atoms with E-state index < -0.39 is 30.3 Å². The number of hydrogen-bond acceptors (Lipinski definition) is 7. The van der Waals surface area contributed by atoms with Crippen LogP contribution in [0.1, 0.15) is 21.9 Å². The Labute approximate surface area is 172 Å². The molecule has 12 nitrogen and oxygen atoms in total. The summed E-state index contributed by atoms with van der Waals surface area (Å²) in [7, 11) is 0. The number of amides is 1. The third-order valence-corrected chi connectivity index (χ3v) is 4.06. The number of carbonyl (C=O) groups excluding carboxylic acids is 1. The highest BCUT2D eigenvalue weighted by Gasteiger charge is 2.27. The number of hydrogen-bond donors (Lipinski definition) is 1. The van der Waals surface area contributed by atoms with E-state index in [4.69, 9.17) is 0 Å². The molecule has 15 heteroatoms. The molecule has 0 saturated carbocycles. The average Bonchev–Trinajstić information content (AvgIpc) is 3.35. The number of ether oxygens (including phenoxy) is 1. The minimum atomic E-state index is -4.44. The van der Waals surface area contributed by atoms with Crippen LogP contribution in [-0.4, -0.2) is 53.0 Å². The second-order valence-electron chi connectivity index (χ2n) is 6.47. The predicted molar refractivity (Wildman–Crippen MR) is 98.2 cm³/mol. The van der Waals surface area contributed by atoms with Gasteiger partial charge in [0.2, 0.25) is 0 Å². The lowest BCUT2D eigenvalue weighted by atomic mass is 10.3. The third-order valence-electron chi connectivity index (χ3n) is 4.06. The van der Waals surface area contributed by atoms with Gasteiger partial charge in [-0.3, -0.25) is 19.6 Å². The molecule has 3 rings (SSSR count). The normalized spacial score (nSPS) is 11.6. The average molecular weight is 442 g/mol. The first-order chi connectivity index (χ1) is 14.5. The molecule has 31 heavy (non-hydrogen) atoms. The van der Waals surface area contributed by atoms with E-state index in [1.165, 1.54) is 40.9 Å². The molecule has 3 aromatic heterocycles. The fourth-order valence-corrected chi connectivity index (χ4v) is 2.74.